The minimum Gasteiger partial charge on any atom is -0.497 e. The van der Waals surface area contributed by atoms with Crippen LogP contribution in [-0.4, -0.2) is 14.2 Å². The quantitative estimate of drug-likeness (QED) is 0.888. The van der Waals surface area contributed by atoms with Gasteiger partial charge in [0.2, 0.25) is 0 Å². The number of hydrogen-bond acceptors (Lipinski definition) is 3. The molecule has 1 N–H and O–H groups in total. The van der Waals surface area contributed by atoms with Crippen LogP contribution in [0.3, 0.4) is 0 Å². The highest BCUT2D eigenvalue weighted by atomic mass is 32.1. The van der Waals surface area contributed by atoms with Gasteiger partial charge in [0.1, 0.15) is 5.75 Å². The third-order valence-electron chi connectivity index (χ3n) is 3.17. The molecule has 0 fully saturated rings. The predicted molar refractivity (Wildman–Crippen MR) is 77.6 cm³/mol. The first-order valence-electron chi connectivity index (χ1n) is 6.08. The number of thiophene rings is 1. The first kappa shape index (κ1) is 13.1. The van der Waals surface area contributed by atoms with E-state index in [0.717, 1.165) is 12.2 Å². The van der Waals surface area contributed by atoms with E-state index < -0.39 is 0 Å². The summed E-state index contributed by atoms with van der Waals surface area (Å²) in [5.41, 5.74) is 2.69. The number of ether oxygens (including phenoxy) is 1. The average Bonchev–Trinajstić information content (AvgIpc) is 2.83. The SMILES string of the molecule is CNC(Cc1ccc(OC)cc1)c1sccc1C. The van der Waals surface area contributed by atoms with Crippen LogP contribution >= 0.6 is 11.3 Å². The first-order valence-corrected chi connectivity index (χ1v) is 6.96. The van der Waals surface area contributed by atoms with Crippen LogP contribution in [0, 0.1) is 6.92 Å². The van der Waals surface area contributed by atoms with E-state index in [2.05, 4.69) is 35.8 Å². The van der Waals surface area contributed by atoms with Gasteiger partial charge in [-0.1, -0.05) is 12.1 Å². The summed E-state index contributed by atoms with van der Waals surface area (Å²) in [6.45, 7) is 2.17. The summed E-state index contributed by atoms with van der Waals surface area (Å²) in [4.78, 5) is 1.42. The molecule has 0 aliphatic rings. The minimum atomic E-state index is 0.387. The van der Waals surface area contributed by atoms with Crippen molar-refractivity contribution in [2.75, 3.05) is 14.2 Å². The summed E-state index contributed by atoms with van der Waals surface area (Å²) in [5.74, 6) is 0.909. The van der Waals surface area contributed by atoms with Gasteiger partial charge >= 0.3 is 0 Å². The highest BCUT2D eigenvalue weighted by molar-refractivity contribution is 7.10. The van der Waals surface area contributed by atoms with Gasteiger partial charge in [-0.25, -0.2) is 0 Å². The largest absolute Gasteiger partial charge is 0.497 e. The lowest BCUT2D eigenvalue weighted by atomic mass is 10.0. The second-order valence-electron chi connectivity index (χ2n) is 4.36. The van der Waals surface area contributed by atoms with Gasteiger partial charge < -0.3 is 10.1 Å². The minimum absolute atomic E-state index is 0.387. The van der Waals surface area contributed by atoms with Gasteiger partial charge in [-0.2, -0.15) is 0 Å². The van der Waals surface area contributed by atoms with E-state index in [1.807, 2.05) is 30.5 Å². The Hall–Kier alpha value is -1.32. The Balaban J connectivity index is 2.13. The molecule has 2 aromatic rings. The number of rotatable bonds is 5. The van der Waals surface area contributed by atoms with Crippen molar-refractivity contribution in [1.82, 2.24) is 5.32 Å². The Bertz CT molecular complexity index is 489. The van der Waals surface area contributed by atoms with E-state index in [1.54, 1.807) is 7.11 Å². The zero-order valence-electron chi connectivity index (χ0n) is 11.1. The molecule has 18 heavy (non-hydrogen) atoms. The molecule has 1 aromatic heterocycles. The van der Waals surface area contributed by atoms with Crippen LogP contribution in [0.2, 0.25) is 0 Å². The van der Waals surface area contributed by atoms with Crippen molar-refractivity contribution in [3.8, 4) is 5.75 Å². The zero-order valence-corrected chi connectivity index (χ0v) is 11.9. The third-order valence-corrected chi connectivity index (χ3v) is 4.30. The maximum atomic E-state index is 5.18. The molecular formula is C15H19NOS. The number of hydrogen-bond donors (Lipinski definition) is 1. The number of likely N-dealkylation sites (N-methyl/N-ethyl adjacent to an activating group) is 1. The molecule has 0 amide bonds. The van der Waals surface area contributed by atoms with Crippen LogP contribution in [0.5, 0.6) is 5.75 Å². The Morgan fingerprint density at radius 3 is 2.44 bits per heavy atom. The Morgan fingerprint density at radius 2 is 1.94 bits per heavy atom. The summed E-state index contributed by atoms with van der Waals surface area (Å²) in [6, 6.07) is 10.9. The Kier molecular flexibility index (Phi) is 4.39. The maximum Gasteiger partial charge on any atom is 0.118 e. The van der Waals surface area contributed by atoms with Crippen molar-refractivity contribution in [2.45, 2.75) is 19.4 Å². The molecule has 1 heterocycles. The number of methoxy groups -OCH3 is 1. The van der Waals surface area contributed by atoms with E-state index in [-0.39, 0.29) is 0 Å². The van der Waals surface area contributed by atoms with Crippen molar-refractivity contribution < 1.29 is 4.74 Å². The maximum absolute atomic E-state index is 5.18. The summed E-state index contributed by atoms with van der Waals surface area (Å²) in [5, 5.41) is 5.56. The van der Waals surface area contributed by atoms with E-state index >= 15 is 0 Å². The third kappa shape index (κ3) is 2.92. The monoisotopic (exact) mass is 261 g/mol. The molecule has 0 saturated carbocycles. The van der Waals surface area contributed by atoms with Crippen molar-refractivity contribution in [1.29, 1.82) is 0 Å². The van der Waals surface area contributed by atoms with E-state index in [4.69, 9.17) is 4.74 Å². The van der Waals surface area contributed by atoms with Crippen LogP contribution in [0.15, 0.2) is 35.7 Å². The topological polar surface area (TPSA) is 21.3 Å². The fourth-order valence-corrected chi connectivity index (χ4v) is 3.10. The van der Waals surface area contributed by atoms with Crippen LogP contribution in [0.25, 0.3) is 0 Å². The highest BCUT2D eigenvalue weighted by Gasteiger charge is 2.13. The standard InChI is InChI=1S/C15H19NOS/c1-11-8-9-18-15(11)14(16-2)10-12-4-6-13(17-3)7-5-12/h4-9,14,16H,10H2,1-3H3. The normalized spacial score (nSPS) is 12.4. The molecule has 2 rings (SSSR count). The molecule has 1 unspecified atom stereocenters. The summed E-state index contributed by atoms with van der Waals surface area (Å²) in [6.07, 6.45) is 1.00. The second-order valence-corrected chi connectivity index (χ2v) is 5.31. The summed E-state index contributed by atoms with van der Waals surface area (Å²) >= 11 is 1.82. The molecule has 96 valence electrons. The summed E-state index contributed by atoms with van der Waals surface area (Å²) < 4.78 is 5.18. The smallest absolute Gasteiger partial charge is 0.118 e. The molecular weight excluding hydrogens is 242 g/mol. The zero-order chi connectivity index (χ0) is 13.0. The molecule has 0 bridgehead atoms. The van der Waals surface area contributed by atoms with Gasteiger partial charge in [-0.05, 0) is 55.1 Å². The van der Waals surface area contributed by atoms with Gasteiger partial charge in [0.05, 0.1) is 7.11 Å². The molecule has 3 heteroatoms. The van der Waals surface area contributed by atoms with E-state index in [1.165, 1.54) is 16.0 Å². The highest BCUT2D eigenvalue weighted by Crippen LogP contribution is 2.27. The lowest BCUT2D eigenvalue weighted by Crippen LogP contribution is -2.18. The Morgan fingerprint density at radius 1 is 1.22 bits per heavy atom. The predicted octanol–water partition coefficient (Wildman–Crippen LogP) is 3.57. The van der Waals surface area contributed by atoms with Crippen molar-refractivity contribution in [3.63, 3.8) is 0 Å². The van der Waals surface area contributed by atoms with Gasteiger partial charge in [0, 0.05) is 10.9 Å². The van der Waals surface area contributed by atoms with Crippen LogP contribution < -0.4 is 10.1 Å². The molecule has 0 radical (unpaired) electrons. The molecule has 1 atom stereocenters. The number of aryl methyl sites for hydroxylation is 1. The molecule has 0 aliphatic carbocycles. The van der Waals surface area contributed by atoms with Gasteiger partial charge in [-0.15, -0.1) is 11.3 Å². The van der Waals surface area contributed by atoms with Gasteiger partial charge in [0.15, 0.2) is 0 Å². The molecule has 1 aromatic carbocycles. The van der Waals surface area contributed by atoms with Crippen LogP contribution in [-0.2, 0) is 6.42 Å². The van der Waals surface area contributed by atoms with Crippen molar-refractivity contribution >= 4 is 11.3 Å². The average molecular weight is 261 g/mol. The molecule has 2 nitrogen and oxygen atoms in total. The van der Waals surface area contributed by atoms with Crippen LogP contribution in [0.1, 0.15) is 22.0 Å². The van der Waals surface area contributed by atoms with E-state index in [9.17, 15) is 0 Å². The lowest BCUT2D eigenvalue weighted by Gasteiger charge is -2.16. The number of nitrogens with one attached hydrogen (secondary N) is 1. The van der Waals surface area contributed by atoms with Gasteiger partial charge in [-0.3, -0.25) is 0 Å². The Labute approximate surface area is 113 Å². The fourth-order valence-electron chi connectivity index (χ4n) is 2.06. The molecule has 0 spiro atoms. The summed E-state index contributed by atoms with van der Waals surface area (Å²) in [7, 11) is 3.72. The lowest BCUT2D eigenvalue weighted by molar-refractivity contribution is 0.414. The second kappa shape index (κ2) is 6.03. The van der Waals surface area contributed by atoms with E-state index in [0.29, 0.717) is 6.04 Å². The van der Waals surface area contributed by atoms with Gasteiger partial charge in [0.25, 0.3) is 0 Å². The first-order chi connectivity index (χ1) is 8.74. The van der Waals surface area contributed by atoms with Crippen molar-refractivity contribution in [3.05, 3.63) is 51.7 Å². The molecule has 0 saturated heterocycles. The van der Waals surface area contributed by atoms with Crippen molar-refractivity contribution in [2.24, 2.45) is 0 Å². The van der Waals surface area contributed by atoms with Crippen LogP contribution in [0.4, 0.5) is 0 Å². The molecule has 0 aliphatic heterocycles. The fraction of sp³-hybridized carbons (Fsp3) is 0.333. The number of benzene rings is 1.